The van der Waals surface area contributed by atoms with Crippen molar-refractivity contribution < 1.29 is 0 Å². The zero-order valence-corrected chi connectivity index (χ0v) is 12.2. The molecule has 19 heavy (non-hydrogen) atoms. The highest BCUT2D eigenvalue weighted by molar-refractivity contribution is 6.35. The van der Waals surface area contributed by atoms with Crippen LogP contribution in [0.4, 0.5) is 0 Å². The van der Waals surface area contributed by atoms with Gasteiger partial charge in [-0.25, -0.2) is 0 Å². The Labute approximate surface area is 124 Å². The lowest BCUT2D eigenvalue weighted by atomic mass is 9.92. The van der Waals surface area contributed by atoms with Gasteiger partial charge in [0, 0.05) is 10.0 Å². The third-order valence-electron chi connectivity index (χ3n) is 3.36. The van der Waals surface area contributed by atoms with Crippen molar-refractivity contribution in [2.75, 3.05) is 6.54 Å². The highest BCUT2D eigenvalue weighted by Crippen LogP contribution is 2.28. The summed E-state index contributed by atoms with van der Waals surface area (Å²) >= 11 is 12.4. The van der Waals surface area contributed by atoms with Crippen LogP contribution in [0.25, 0.3) is 0 Å². The Morgan fingerprint density at radius 3 is 2.11 bits per heavy atom. The summed E-state index contributed by atoms with van der Waals surface area (Å²) in [4.78, 5) is 0. The van der Waals surface area contributed by atoms with E-state index in [0.29, 0.717) is 12.5 Å². The van der Waals surface area contributed by atoms with Gasteiger partial charge in [-0.3, -0.25) is 0 Å². The molecule has 2 aromatic carbocycles. The summed E-state index contributed by atoms with van der Waals surface area (Å²) in [7, 11) is 0. The summed E-state index contributed by atoms with van der Waals surface area (Å²) in [6, 6.07) is 16.0. The number of halogens is 2. The fourth-order valence-electron chi connectivity index (χ4n) is 2.24. The van der Waals surface area contributed by atoms with E-state index in [9.17, 15) is 0 Å². The summed E-state index contributed by atoms with van der Waals surface area (Å²) in [5.74, 6) is 0.341. The van der Waals surface area contributed by atoms with Gasteiger partial charge in [0.05, 0.1) is 0 Å². The van der Waals surface area contributed by atoms with E-state index in [1.54, 1.807) is 0 Å². The van der Waals surface area contributed by atoms with E-state index >= 15 is 0 Å². The summed E-state index contributed by atoms with van der Waals surface area (Å²) in [6.45, 7) is 0.631. The fraction of sp³-hybridized carbons (Fsp3) is 0.250. The molecule has 1 unspecified atom stereocenters. The summed E-state index contributed by atoms with van der Waals surface area (Å²) in [5.41, 5.74) is 8.16. The van der Waals surface area contributed by atoms with Crippen molar-refractivity contribution >= 4 is 23.2 Å². The largest absolute Gasteiger partial charge is 0.330 e. The minimum Gasteiger partial charge on any atom is -0.330 e. The van der Waals surface area contributed by atoms with Crippen LogP contribution in [0.3, 0.4) is 0 Å². The average Bonchev–Trinajstić information content (AvgIpc) is 2.43. The standard InChI is InChI=1S/C16H17Cl2N/c17-15-7-4-8-16(18)14(15)10-9-13(11-19)12-5-2-1-3-6-12/h1-8,13H,9-11,19H2. The zero-order valence-electron chi connectivity index (χ0n) is 10.7. The van der Waals surface area contributed by atoms with Gasteiger partial charge in [-0.05, 0) is 48.6 Å². The number of benzene rings is 2. The molecule has 0 bridgehead atoms. The molecule has 0 spiro atoms. The van der Waals surface area contributed by atoms with E-state index in [1.165, 1.54) is 5.56 Å². The Morgan fingerprint density at radius 1 is 0.895 bits per heavy atom. The molecule has 2 N–H and O–H groups in total. The first-order chi connectivity index (χ1) is 9.22. The highest BCUT2D eigenvalue weighted by atomic mass is 35.5. The smallest absolute Gasteiger partial charge is 0.0452 e. The van der Waals surface area contributed by atoms with Gasteiger partial charge in [0.2, 0.25) is 0 Å². The second-order valence-corrected chi connectivity index (χ2v) is 5.40. The second kappa shape index (κ2) is 6.95. The molecule has 1 nitrogen and oxygen atoms in total. The van der Waals surface area contributed by atoms with Crippen molar-refractivity contribution in [3.05, 3.63) is 69.7 Å². The van der Waals surface area contributed by atoms with Crippen LogP contribution in [0, 0.1) is 0 Å². The minimum absolute atomic E-state index is 0.341. The SMILES string of the molecule is NCC(CCc1c(Cl)cccc1Cl)c1ccccc1. The Bertz CT molecular complexity index is 505. The lowest BCUT2D eigenvalue weighted by Gasteiger charge is -2.16. The quantitative estimate of drug-likeness (QED) is 0.852. The lowest BCUT2D eigenvalue weighted by Crippen LogP contribution is -2.13. The van der Waals surface area contributed by atoms with Crippen molar-refractivity contribution in [1.82, 2.24) is 0 Å². The molecule has 0 aromatic heterocycles. The summed E-state index contributed by atoms with van der Waals surface area (Å²) in [5, 5.41) is 1.47. The molecule has 100 valence electrons. The van der Waals surface area contributed by atoms with Crippen LogP contribution in [0.1, 0.15) is 23.5 Å². The van der Waals surface area contributed by atoms with E-state index in [1.807, 2.05) is 36.4 Å². The third-order valence-corrected chi connectivity index (χ3v) is 4.07. The molecule has 0 radical (unpaired) electrons. The molecule has 2 rings (SSSR count). The molecule has 0 aliphatic carbocycles. The van der Waals surface area contributed by atoms with Crippen LogP contribution in [-0.2, 0) is 6.42 Å². The summed E-state index contributed by atoms with van der Waals surface area (Å²) in [6.07, 6.45) is 1.79. The molecular weight excluding hydrogens is 277 g/mol. The predicted octanol–water partition coefficient (Wildman–Crippen LogP) is 4.67. The second-order valence-electron chi connectivity index (χ2n) is 4.58. The molecule has 3 heteroatoms. The maximum Gasteiger partial charge on any atom is 0.0452 e. The van der Waals surface area contributed by atoms with Gasteiger partial charge >= 0.3 is 0 Å². The molecule has 1 atom stereocenters. The predicted molar refractivity (Wildman–Crippen MR) is 83.0 cm³/mol. The fourth-order valence-corrected chi connectivity index (χ4v) is 2.82. The van der Waals surface area contributed by atoms with Gasteiger partial charge < -0.3 is 5.73 Å². The van der Waals surface area contributed by atoms with Crippen LogP contribution < -0.4 is 5.73 Å². The van der Waals surface area contributed by atoms with Crippen LogP contribution in [-0.4, -0.2) is 6.54 Å². The Balaban J connectivity index is 2.09. The van der Waals surface area contributed by atoms with Gasteiger partial charge in [-0.1, -0.05) is 59.6 Å². The maximum atomic E-state index is 6.19. The number of rotatable bonds is 5. The van der Waals surface area contributed by atoms with Crippen molar-refractivity contribution in [2.24, 2.45) is 5.73 Å². The number of nitrogens with two attached hydrogens (primary N) is 1. The molecule has 2 aromatic rings. The Kier molecular flexibility index (Phi) is 5.26. The monoisotopic (exact) mass is 293 g/mol. The summed E-state index contributed by atoms with van der Waals surface area (Å²) < 4.78 is 0. The number of hydrogen-bond donors (Lipinski definition) is 1. The van der Waals surface area contributed by atoms with Gasteiger partial charge in [0.25, 0.3) is 0 Å². The zero-order chi connectivity index (χ0) is 13.7. The van der Waals surface area contributed by atoms with Crippen molar-refractivity contribution in [3.63, 3.8) is 0 Å². The van der Waals surface area contributed by atoms with E-state index in [0.717, 1.165) is 28.5 Å². The van der Waals surface area contributed by atoms with E-state index < -0.39 is 0 Å². The topological polar surface area (TPSA) is 26.0 Å². The Hall–Kier alpha value is -1.02. The first kappa shape index (κ1) is 14.4. The third kappa shape index (κ3) is 3.73. The van der Waals surface area contributed by atoms with Gasteiger partial charge in [-0.2, -0.15) is 0 Å². The average molecular weight is 294 g/mol. The molecule has 0 aliphatic heterocycles. The molecule has 0 saturated heterocycles. The van der Waals surface area contributed by atoms with Gasteiger partial charge in [0.1, 0.15) is 0 Å². The van der Waals surface area contributed by atoms with E-state index in [-0.39, 0.29) is 0 Å². The van der Waals surface area contributed by atoms with Crippen molar-refractivity contribution in [2.45, 2.75) is 18.8 Å². The van der Waals surface area contributed by atoms with Crippen molar-refractivity contribution in [1.29, 1.82) is 0 Å². The molecule has 0 heterocycles. The number of hydrogen-bond acceptors (Lipinski definition) is 1. The molecule has 0 amide bonds. The first-order valence-corrected chi connectivity index (χ1v) is 7.16. The molecule has 0 saturated carbocycles. The van der Waals surface area contributed by atoms with Crippen LogP contribution in [0.2, 0.25) is 10.0 Å². The Morgan fingerprint density at radius 2 is 1.53 bits per heavy atom. The molecule has 0 aliphatic rings. The molecule has 0 fully saturated rings. The van der Waals surface area contributed by atoms with Crippen LogP contribution in [0.5, 0.6) is 0 Å². The lowest BCUT2D eigenvalue weighted by molar-refractivity contribution is 0.634. The molecular formula is C16H17Cl2N. The van der Waals surface area contributed by atoms with E-state index in [4.69, 9.17) is 28.9 Å². The van der Waals surface area contributed by atoms with Crippen molar-refractivity contribution in [3.8, 4) is 0 Å². The van der Waals surface area contributed by atoms with Gasteiger partial charge in [-0.15, -0.1) is 0 Å². The van der Waals surface area contributed by atoms with E-state index in [2.05, 4.69) is 12.1 Å². The highest BCUT2D eigenvalue weighted by Gasteiger charge is 2.12. The van der Waals surface area contributed by atoms with Crippen LogP contribution in [0.15, 0.2) is 48.5 Å². The van der Waals surface area contributed by atoms with Gasteiger partial charge in [0.15, 0.2) is 0 Å². The first-order valence-electron chi connectivity index (χ1n) is 6.40. The maximum absolute atomic E-state index is 6.19. The minimum atomic E-state index is 0.341. The normalized spacial score (nSPS) is 12.4. The van der Waals surface area contributed by atoms with Crippen LogP contribution >= 0.6 is 23.2 Å².